The molecule has 5 heterocycles. The van der Waals surface area contributed by atoms with Crippen molar-refractivity contribution in [3.8, 4) is 32.7 Å². The Hall–Kier alpha value is -3.52. The van der Waals surface area contributed by atoms with Gasteiger partial charge in [-0.3, -0.25) is 0 Å². The Balaban J connectivity index is 1.72. The zero-order valence-corrected chi connectivity index (χ0v) is 16.1. The van der Waals surface area contributed by atoms with Gasteiger partial charge in [-0.1, -0.05) is 0 Å². The summed E-state index contributed by atoms with van der Waals surface area (Å²) in [5.41, 5.74) is 4.52. The Labute approximate surface area is 164 Å². The number of aromatic nitrogens is 7. The van der Waals surface area contributed by atoms with Crippen molar-refractivity contribution in [2.45, 2.75) is 6.92 Å². The number of nitrogens with zero attached hydrogens (tertiary/aromatic N) is 7. The molecule has 28 heavy (non-hydrogen) atoms. The Morgan fingerprint density at radius 1 is 1.04 bits per heavy atom. The van der Waals surface area contributed by atoms with Gasteiger partial charge in [-0.25, -0.2) is 29.9 Å². The van der Waals surface area contributed by atoms with E-state index in [9.17, 15) is 0 Å². The maximum absolute atomic E-state index is 4.92. The average Bonchev–Trinajstić information content (AvgIpc) is 3.32. The summed E-state index contributed by atoms with van der Waals surface area (Å²) in [6.07, 6.45) is 10.5. The van der Waals surface area contributed by atoms with E-state index < -0.39 is 0 Å². The van der Waals surface area contributed by atoms with Crippen molar-refractivity contribution in [3.05, 3.63) is 61.2 Å². The van der Waals surface area contributed by atoms with Gasteiger partial charge < -0.3 is 4.57 Å². The first-order chi connectivity index (χ1) is 13.7. The molecule has 0 radical (unpaired) electrons. The molecule has 8 heteroatoms. The fourth-order valence-corrected chi connectivity index (χ4v) is 4.14. The highest BCUT2D eigenvalue weighted by Crippen LogP contribution is 2.37. The average molecular weight is 385 g/mol. The lowest BCUT2D eigenvalue weighted by Crippen LogP contribution is -1.95. The van der Waals surface area contributed by atoms with E-state index in [1.54, 1.807) is 42.2 Å². The zero-order valence-electron chi connectivity index (χ0n) is 15.2. The number of aryl methyl sites for hydroxylation is 2. The van der Waals surface area contributed by atoms with Crippen molar-refractivity contribution in [1.29, 1.82) is 0 Å². The Kier molecular flexibility index (Phi) is 3.91. The third-order valence-corrected chi connectivity index (χ3v) is 5.72. The van der Waals surface area contributed by atoms with Crippen LogP contribution in [0.5, 0.6) is 0 Å². The molecule has 0 atom stereocenters. The van der Waals surface area contributed by atoms with Crippen LogP contribution in [0.25, 0.3) is 43.6 Å². The minimum Gasteiger partial charge on any atom is -0.350 e. The van der Waals surface area contributed by atoms with Gasteiger partial charge in [0.15, 0.2) is 5.82 Å². The van der Waals surface area contributed by atoms with Gasteiger partial charge in [-0.05, 0) is 25.1 Å². The maximum atomic E-state index is 4.92. The summed E-state index contributed by atoms with van der Waals surface area (Å²) < 4.78 is 2.08. The van der Waals surface area contributed by atoms with Gasteiger partial charge in [0.2, 0.25) is 0 Å². The molecular weight excluding hydrogens is 370 g/mol. The lowest BCUT2D eigenvalue weighted by molar-refractivity contribution is 0.968. The van der Waals surface area contributed by atoms with Crippen molar-refractivity contribution in [3.63, 3.8) is 0 Å². The van der Waals surface area contributed by atoms with E-state index in [4.69, 9.17) is 9.97 Å². The molecule has 0 amide bonds. The molecule has 0 bridgehead atoms. The van der Waals surface area contributed by atoms with Gasteiger partial charge in [-0.2, -0.15) is 0 Å². The molecule has 0 unspecified atom stereocenters. The summed E-state index contributed by atoms with van der Waals surface area (Å²) in [6.45, 7) is 1.99. The standard InChI is InChI=1S/C20H15N7S/c1-12-18(28-20(25-12)13-9-21-11-22-10-13)15-8-16-14(4-7-27(16)2)17(26-15)19-23-5-3-6-24-19/h3-11H,1-2H3. The van der Waals surface area contributed by atoms with E-state index in [-0.39, 0.29) is 0 Å². The largest absolute Gasteiger partial charge is 0.350 e. The lowest BCUT2D eigenvalue weighted by Gasteiger charge is -2.06. The summed E-state index contributed by atoms with van der Waals surface area (Å²) in [4.78, 5) is 27.6. The molecule has 5 aromatic rings. The van der Waals surface area contributed by atoms with E-state index in [0.29, 0.717) is 5.82 Å². The monoisotopic (exact) mass is 385 g/mol. The van der Waals surface area contributed by atoms with Gasteiger partial charge in [0.25, 0.3) is 0 Å². The Morgan fingerprint density at radius 3 is 2.61 bits per heavy atom. The van der Waals surface area contributed by atoms with Crippen molar-refractivity contribution < 1.29 is 0 Å². The Morgan fingerprint density at radius 2 is 1.82 bits per heavy atom. The van der Waals surface area contributed by atoms with Crippen LogP contribution in [0, 0.1) is 6.92 Å². The molecule has 0 aliphatic carbocycles. The minimum absolute atomic E-state index is 0.611. The first-order valence-electron chi connectivity index (χ1n) is 8.67. The fourth-order valence-electron chi connectivity index (χ4n) is 3.14. The lowest BCUT2D eigenvalue weighted by atomic mass is 10.1. The summed E-state index contributed by atoms with van der Waals surface area (Å²) in [5.74, 6) is 0.611. The van der Waals surface area contributed by atoms with E-state index >= 15 is 0 Å². The molecule has 0 aliphatic rings. The van der Waals surface area contributed by atoms with Crippen molar-refractivity contribution >= 4 is 22.2 Å². The van der Waals surface area contributed by atoms with E-state index in [2.05, 4.69) is 30.6 Å². The molecular formula is C20H15N7S. The zero-order chi connectivity index (χ0) is 19.1. The molecule has 5 aromatic heterocycles. The van der Waals surface area contributed by atoms with Gasteiger partial charge in [0, 0.05) is 49.0 Å². The van der Waals surface area contributed by atoms with Crippen LogP contribution >= 0.6 is 11.3 Å². The molecule has 0 aromatic carbocycles. The van der Waals surface area contributed by atoms with E-state index in [0.717, 1.165) is 43.4 Å². The number of rotatable bonds is 3. The third kappa shape index (κ3) is 2.74. The predicted molar refractivity (Wildman–Crippen MR) is 109 cm³/mol. The number of pyridine rings is 1. The second-order valence-corrected chi connectivity index (χ2v) is 7.35. The fraction of sp³-hybridized carbons (Fsp3) is 0.100. The van der Waals surface area contributed by atoms with Gasteiger partial charge in [0.05, 0.1) is 21.8 Å². The molecule has 0 saturated carbocycles. The van der Waals surface area contributed by atoms with Crippen LogP contribution in [-0.4, -0.2) is 34.5 Å². The normalized spacial score (nSPS) is 11.2. The molecule has 0 saturated heterocycles. The second-order valence-electron chi connectivity index (χ2n) is 6.35. The summed E-state index contributed by atoms with van der Waals surface area (Å²) >= 11 is 1.58. The van der Waals surface area contributed by atoms with Gasteiger partial charge >= 0.3 is 0 Å². The maximum Gasteiger partial charge on any atom is 0.178 e. The SMILES string of the molecule is Cc1nc(-c2cncnc2)sc1-c1cc2c(ccn2C)c(-c2ncccn2)n1. The van der Waals surface area contributed by atoms with Crippen molar-refractivity contribution in [2.75, 3.05) is 0 Å². The first-order valence-corrected chi connectivity index (χ1v) is 9.49. The van der Waals surface area contributed by atoms with Crippen LogP contribution in [0.4, 0.5) is 0 Å². The van der Waals surface area contributed by atoms with Gasteiger partial charge in [0.1, 0.15) is 17.0 Å². The third-order valence-electron chi connectivity index (χ3n) is 4.50. The van der Waals surface area contributed by atoms with Crippen LogP contribution in [0.3, 0.4) is 0 Å². The summed E-state index contributed by atoms with van der Waals surface area (Å²) in [6, 6.07) is 5.94. The highest BCUT2D eigenvalue weighted by molar-refractivity contribution is 7.18. The molecule has 7 nitrogen and oxygen atoms in total. The number of hydrogen-bond donors (Lipinski definition) is 0. The number of hydrogen-bond acceptors (Lipinski definition) is 7. The van der Waals surface area contributed by atoms with Crippen LogP contribution in [-0.2, 0) is 7.05 Å². The van der Waals surface area contributed by atoms with Crippen LogP contribution in [0.15, 0.2) is 55.5 Å². The quantitative estimate of drug-likeness (QED) is 0.468. The highest BCUT2D eigenvalue weighted by Gasteiger charge is 2.18. The first kappa shape index (κ1) is 16.6. The topological polar surface area (TPSA) is 82.3 Å². The van der Waals surface area contributed by atoms with Crippen molar-refractivity contribution in [1.82, 2.24) is 34.5 Å². The molecule has 0 N–H and O–H groups in total. The van der Waals surface area contributed by atoms with Crippen LogP contribution in [0.1, 0.15) is 5.69 Å². The van der Waals surface area contributed by atoms with Gasteiger partial charge in [-0.15, -0.1) is 11.3 Å². The molecule has 136 valence electrons. The molecule has 0 spiro atoms. The van der Waals surface area contributed by atoms with Crippen LogP contribution < -0.4 is 0 Å². The minimum atomic E-state index is 0.611. The summed E-state index contributed by atoms with van der Waals surface area (Å²) in [5, 5.41) is 1.90. The Bertz CT molecular complexity index is 1280. The highest BCUT2D eigenvalue weighted by atomic mass is 32.1. The second kappa shape index (κ2) is 6.58. The van der Waals surface area contributed by atoms with E-state index in [1.165, 1.54) is 6.33 Å². The number of thiazole rings is 1. The summed E-state index contributed by atoms with van der Waals surface area (Å²) in [7, 11) is 2.02. The number of fused-ring (bicyclic) bond motifs is 1. The predicted octanol–water partition coefficient (Wildman–Crippen LogP) is 3.92. The van der Waals surface area contributed by atoms with Crippen LogP contribution in [0.2, 0.25) is 0 Å². The molecule has 0 aliphatic heterocycles. The molecule has 0 fully saturated rings. The van der Waals surface area contributed by atoms with E-state index in [1.807, 2.05) is 26.2 Å². The smallest absolute Gasteiger partial charge is 0.178 e. The van der Waals surface area contributed by atoms with Crippen molar-refractivity contribution in [2.24, 2.45) is 7.05 Å². The molecule has 5 rings (SSSR count).